The second kappa shape index (κ2) is 5.70. The molecule has 18 heavy (non-hydrogen) atoms. The Kier molecular flexibility index (Phi) is 4.01. The van der Waals surface area contributed by atoms with Crippen molar-refractivity contribution in [2.24, 2.45) is 5.41 Å². The van der Waals surface area contributed by atoms with Crippen LogP contribution in [0.5, 0.6) is 0 Å². The van der Waals surface area contributed by atoms with Crippen LogP contribution in [0.3, 0.4) is 0 Å². The molecule has 3 nitrogen and oxygen atoms in total. The molecule has 2 N–H and O–H groups in total. The van der Waals surface area contributed by atoms with Crippen molar-refractivity contribution in [3.05, 3.63) is 35.9 Å². The molecule has 1 aromatic rings. The van der Waals surface area contributed by atoms with Crippen LogP contribution in [-0.2, 0) is 4.79 Å². The van der Waals surface area contributed by atoms with E-state index in [9.17, 15) is 4.79 Å². The van der Waals surface area contributed by atoms with Gasteiger partial charge in [-0.2, -0.15) is 0 Å². The van der Waals surface area contributed by atoms with Gasteiger partial charge in [0.05, 0.1) is 0 Å². The summed E-state index contributed by atoms with van der Waals surface area (Å²) in [5, 5.41) is 11.7. The van der Waals surface area contributed by atoms with Crippen LogP contribution in [0.4, 0.5) is 0 Å². The maximum atomic E-state index is 11.5. The molecule has 2 rings (SSSR count). The van der Waals surface area contributed by atoms with Crippen LogP contribution < -0.4 is 5.32 Å². The second-order valence-corrected chi connectivity index (χ2v) is 4.77. The first kappa shape index (κ1) is 12.7. The average molecular weight is 243 g/mol. The molecule has 1 fully saturated rings. The molecule has 0 saturated heterocycles. The quantitative estimate of drug-likeness (QED) is 0.783. The first-order chi connectivity index (χ1) is 8.74. The van der Waals surface area contributed by atoms with Gasteiger partial charge >= 0.3 is 0 Å². The largest absolute Gasteiger partial charge is 0.396 e. The van der Waals surface area contributed by atoms with Crippen LogP contribution in [0, 0.1) is 17.3 Å². The van der Waals surface area contributed by atoms with Gasteiger partial charge in [0.15, 0.2) is 0 Å². The summed E-state index contributed by atoms with van der Waals surface area (Å²) in [6.45, 7) is 0.807. The number of aliphatic hydroxyl groups is 1. The second-order valence-electron chi connectivity index (χ2n) is 4.77. The molecule has 0 atom stereocenters. The lowest BCUT2D eigenvalue weighted by atomic mass is 10.0. The average Bonchev–Trinajstić information content (AvgIpc) is 3.16. The Balaban J connectivity index is 1.81. The van der Waals surface area contributed by atoms with E-state index in [2.05, 4.69) is 17.2 Å². The van der Waals surface area contributed by atoms with Crippen LogP contribution in [-0.4, -0.2) is 24.2 Å². The first-order valence-electron chi connectivity index (χ1n) is 6.20. The van der Waals surface area contributed by atoms with E-state index in [4.69, 9.17) is 5.11 Å². The Labute approximate surface area is 107 Å². The van der Waals surface area contributed by atoms with Crippen LogP contribution in [0.1, 0.15) is 24.8 Å². The van der Waals surface area contributed by atoms with Gasteiger partial charge in [-0.1, -0.05) is 24.1 Å². The zero-order chi connectivity index (χ0) is 12.8. The molecule has 0 radical (unpaired) electrons. The maximum Gasteiger partial charge on any atom is 0.296 e. The number of amides is 1. The topological polar surface area (TPSA) is 49.3 Å². The molecule has 94 valence electrons. The van der Waals surface area contributed by atoms with E-state index in [0.717, 1.165) is 24.8 Å². The van der Waals surface area contributed by atoms with Gasteiger partial charge in [-0.15, -0.1) is 0 Å². The van der Waals surface area contributed by atoms with Crippen molar-refractivity contribution in [2.75, 3.05) is 13.2 Å². The molecule has 0 aliphatic heterocycles. The normalized spacial score (nSPS) is 15.4. The van der Waals surface area contributed by atoms with Crippen molar-refractivity contribution in [3.63, 3.8) is 0 Å². The lowest BCUT2D eigenvalue weighted by Crippen LogP contribution is -2.29. The summed E-state index contributed by atoms with van der Waals surface area (Å²) in [6, 6.07) is 9.44. The number of nitrogens with one attached hydrogen (secondary N) is 1. The third-order valence-electron chi connectivity index (χ3n) is 3.32. The van der Waals surface area contributed by atoms with E-state index in [-0.39, 0.29) is 17.9 Å². The van der Waals surface area contributed by atoms with Gasteiger partial charge in [0.25, 0.3) is 5.91 Å². The highest BCUT2D eigenvalue weighted by Crippen LogP contribution is 2.47. The molecule has 3 heteroatoms. The molecule has 0 aromatic heterocycles. The number of hydrogen-bond donors (Lipinski definition) is 2. The molecule has 1 aliphatic carbocycles. The van der Waals surface area contributed by atoms with Crippen molar-refractivity contribution < 1.29 is 9.90 Å². The Morgan fingerprint density at radius 3 is 2.67 bits per heavy atom. The molecule has 0 bridgehead atoms. The lowest BCUT2D eigenvalue weighted by Gasteiger charge is -2.12. The van der Waals surface area contributed by atoms with E-state index in [1.807, 2.05) is 30.3 Å². The molecule has 1 amide bonds. The molecule has 1 aromatic carbocycles. The number of rotatable bonds is 4. The molecule has 0 unspecified atom stereocenters. The minimum Gasteiger partial charge on any atom is -0.396 e. The van der Waals surface area contributed by atoms with E-state index in [1.165, 1.54) is 0 Å². The summed E-state index contributed by atoms with van der Waals surface area (Å²) in [7, 11) is 0. The summed E-state index contributed by atoms with van der Waals surface area (Å²) in [4.78, 5) is 11.5. The molecule has 0 spiro atoms. The predicted octanol–water partition coefficient (Wildman–Crippen LogP) is 1.32. The molecular weight excluding hydrogens is 226 g/mol. The van der Waals surface area contributed by atoms with Crippen LogP contribution in [0.15, 0.2) is 30.3 Å². The van der Waals surface area contributed by atoms with Crippen LogP contribution >= 0.6 is 0 Å². The highest BCUT2D eigenvalue weighted by molar-refractivity contribution is 5.94. The molecular formula is C15H17NO2. The lowest BCUT2D eigenvalue weighted by molar-refractivity contribution is -0.115. The number of hydrogen-bond acceptors (Lipinski definition) is 2. The summed E-state index contributed by atoms with van der Waals surface area (Å²) >= 11 is 0. The Morgan fingerprint density at radius 2 is 2.06 bits per heavy atom. The van der Waals surface area contributed by atoms with Crippen molar-refractivity contribution in [1.29, 1.82) is 0 Å². The number of aliphatic hydroxyl groups excluding tert-OH is 1. The number of carbonyl (C=O) groups is 1. The minimum atomic E-state index is -0.247. The first-order valence-corrected chi connectivity index (χ1v) is 6.20. The number of benzene rings is 1. The van der Waals surface area contributed by atoms with Crippen molar-refractivity contribution in [3.8, 4) is 11.8 Å². The summed E-state index contributed by atoms with van der Waals surface area (Å²) in [5.41, 5.74) is 0.975. The monoisotopic (exact) mass is 243 g/mol. The van der Waals surface area contributed by atoms with Gasteiger partial charge in [0.1, 0.15) is 0 Å². The third kappa shape index (κ3) is 3.61. The van der Waals surface area contributed by atoms with E-state index >= 15 is 0 Å². The third-order valence-corrected chi connectivity index (χ3v) is 3.32. The Morgan fingerprint density at radius 1 is 1.33 bits per heavy atom. The smallest absolute Gasteiger partial charge is 0.296 e. The SMILES string of the molecule is O=C(C#Cc1ccccc1)NCC1(CCO)CC1. The summed E-state index contributed by atoms with van der Waals surface area (Å²) < 4.78 is 0. The highest BCUT2D eigenvalue weighted by Gasteiger charge is 2.41. The molecule has 0 heterocycles. The van der Waals surface area contributed by atoms with Crippen molar-refractivity contribution in [2.45, 2.75) is 19.3 Å². The van der Waals surface area contributed by atoms with Crippen molar-refractivity contribution >= 4 is 5.91 Å². The van der Waals surface area contributed by atoms with E-state index in [0.29, 0.717) is 6.54 Å². The van der Waals surface area contributed by atoms with Crippen LogP contribution in [0.2, 0.25) is 0 Å². The predicted molar refractivity (Wildman–Crippen MR) is 69.7 cm³/mol. The fraction of sp³-hybridized carbons (Fsp3) is 0.400. The van der Waals surface area contributed by atoms with Crippen molar-refractivity contribution in [1.82, 2.24) is 5.32 Å². The maximum absolute atomic E-state index is 11.5. The van der Waals surface area contributed by atoms with Gasteiger partial charge in [0.2, 0.25) is 0 Å². The molecule has 1 saturated carbocycles. The minimum absolute atomic E-state index is 0.138. The number of carbonyl (C=O) groups excluding carboxylic acids is 1. The van der Waals surface area contributed by atoms with Gasteiger partial charge in [0, 0.05) is 24.6 Å². The fourth-order valence-electron chi connectivity index (χ4n) is 1.89. The van der Waals surface area contributed by atoms with Crippen LogP contribution in [0.25, 0.3) is 0 Å². The standard InChI is InChI=1S/C15H17NO2/c17-11-10-15(8-9-15)12-16-14(18)7-6-13-4-2-1-3-5-13/h1-5,17H,8-12H2,(H,16,18). The van der Waals surface area contributed by atoms with Gasteiger partial charge < -0.3 is 10.4 Å². The molecule has 1 aliphatic rings. The van der Waals surface area contributed by atoms with Gasteiger partial charge in [-0.3, -0.25) is 4.79 Å². The van der Waals surface area contributed by atoms with E-state index < -0.39 is 0 Å². The Bertz CT molecular complexity index is 466. The van der Waals surface area contributed by atoms with Gasteiger partial charge in [-0.25, -0.2) is 0 Å². The highest BCUT2D eigenvalue weighted by atomic mass is 16.3. The zero-order valence-electron chi connectivity index (χ0n) is 10.3. The summed E-state index contributed by atoms with van der Waals surface area (Å²) in [6.07, 6.45) is 2.93. The summed E-state index contributed by atoms with van der Waals surface area (Å²) in [5.74, 6) is 5.15. The van der Waals surface area contributed by atoms with Gasteiger partial charge in [-0.05, 0) is 36.8 Å². The fourth-order valence-corrected chi connectivity index (χ4v) is 1.89. The van der Waals surface area contributed by atoms with E-state index in [1.54, 1.807) is 0 Å². The Hall–Kier alpha value is -1.79. The zero-order valence-corrected chi connectivity index (χ0v) is 10.3.